The minimum atomic E-state index is -0.234. The van der Waals surface area contributed by atoms with E-state index < -0.39 is 0 Å². The van der Waals surface area contributed by atoms with Crippen LogP contribution in [0.25, 0.3) is 22.4 Å². The molecule has 1 heterocycles. The molecule has 0 unspecified atom stereocenters. The molecule has 2 aliphatic carbocycles. The molecule has 0 atom stereocenters. The second-order valence-corrected chi connectivity index (χ2v) is 13.1. The Balaban J connectivity index is 1.39. The van der Waals surface area contributed by atoms with Gasteiger partial charge in [-0.3, -0.25) is 9.59 Å². The zero-order valence-corrected chi connectivity index (χ0v) is 28.1. The summed E-state index contributed by atoms with van der Waals surface area (Å²) in [4.78, 5) is 28.8. The Morgan fingerprint density at radius 2 is 1.33 bits per heavy atom. The number of amides is 2. The van der Waals surface area contributed by atoms with E-state index in [-0.39, 0.29) is 35.5 Å². The van der Waals surface area contributed by atoms with Gasteiger partial charge in [0.2, 0.25) is 17.7 Å². The number of ether oxygens (including phenoxy) is 3. The number of nitrogens with zero attached hydrogens (tertiary/aromatic N) is 2. The summed E-state index contributed by atoms with van der Waals surface area (Å²) in [5, 5.41) is 4.62. The molecule has 5 aromatic rings. The second kappa shape index (κ2) is 14.0. The van der Waals surface area contributed by atoms with Crippen LogP contribution in [-0.2, 0) is 22.8 Å². The predicted molar refractivity (Wildman–Crippen MR) is 188 cm³/mol. The van der Waals surface area contributed by atoms with E-state index in [0.29, 0.717) is 47.3 Å². The number of hydrogen-bond donors (Lipinski definition) is 0. The number of aromatic nitrogens is 1. The first-order valence-electron chi connectivity index (χ1n) is 16.9. The van der Waals surface area contributed by atoms with Crippen molar-refractivity contribution in [2.24, 2.45) is 11.8 Å². The molecule has 2 fully saturated rings. The molecule has 2 saturated carbocycles. The third-order valence-electron chi connectivity index (χ3n) is 9.01. The molecule has 0 spiro atoms. The van der Waals surface area contributed by atoms with Gasteiger partial charge in [0.25, 0.3) is 0 Å². The SMILES string of the molecule is COc1ccc(-c2c(-c3cc(C(C)C)c(OCc4ccccc4)cc3OCc3ccccc3)noc2N(C(=O)C2CC2)C(=O)C2CC2)cc1. The van der Waals surface area contributed by atoms with E-state index in [1.807, 2.05) is 97.1 Å². The molecule has 0 N–H and O–H groups in total. The molecule has 1 aromatic heterocycles. The summed E-state index contributed by atoms with van der Waals surface area (Å²) in [5.74, 6) is 1.29. The average Bonchev–Trinajstić information content (AvgIpc) is 4.08. The van der Waals surface area contributed by atoms with Crippen LogP contribution in [0.15, 0.2) is 102 Å². The standard InChI is InChI=1S/C41H40N2O6/c1-26(2)33-22-34(36(48-25-28-12-8-5-9-13-28)23-35(33)47-24-27-10-6-4-7-11-27)38-37(29-18-20-32(46-3)21-19-29)41(49-42-38)43(39(44)30-14-15-30)40(45)31-16-17-31/h4-13,18-23,26,30-31H,14-17,24-25H2,1-3H3. The van der Waals surface area contributed by atoms with Gasteiger partial charge in [0, 0.05) is 23.5 Å². The highest BCUT2D eigenvalue weighted by atomic mass is 16.5. The maximum absolute atomic E-state index is 13.8. The van der Waals surface area contributed by atoms with Crippen LogP contribution in [0.3, 0.4) is 0 Å². The van der Waals surface area contributed by atoms with Crippen LogP contribution in [0, 0.1) is 11.8 Å². The summed E-state index contributed by atoms with van der Waals surface area (Å²) >= 11 is 0. The maximum atomic E-state index is 13.8. The molecule has 0 radical (unpaired) electrons. The molecule has 2 aliphatic rings. The van der Waals surface area contributed by atoms with E-state index >= 15 is 0 Å². The molecule has 8 nitrogen and oxygen atoms in total. The van der Waals surface area contributed by atoms with Crippen molar-refractivity contribution in [2.45, 2.75) is 58.7 Å². The van der Waals surface area contributed by atoms with E-state index in [2.05, 4.69) is 19.0 Å². The van der Waals surface area contributed by atoms with Gasteiger partial charge in [-0.15, -0.1) is 0 Å². The molecule has 7 rings (SSSR count). The highest BCUT2D eigenvalue weighted by Gasteiger charge is 2.45. The Hall–Kier alpha value is -5.37. The minimum absolute atomic E-state index is 0.0906. The molecule has 0 bridgehead atoms. The second-order valence-electron chi connectivity index (χ2n) is 13.1. The third kappa shape index (κ3) is 7.09. The van der Waals surface area contributed by atoms with Gasteiger partial charge >= 0.3 is 0 Å². The number of anilines is 1. The van der Waals surface area contributed by atoms with Crippen molar-refractivity contribution in [3.63, 3.8) is 0 Å². The van der Waals surface area contributed by atoms with E-state index in [1.54, 1.807) is 7.11 Å². The number of hydrogen-bond acceptors (Lipinski definition) is 7. The average molecular weight is 657 g/mol. The van der Waals surface area contributed by atoms with Gasteiger partial charge in [-0.05, 0) is 72.1 Å². The normalized spacial score (nSPS) is 14.0. The van der Waals surface area contributed by atoms with Crippen molar-refractivity contribution in [3.05, 3.63) is 114 Å². The fourth-order valence-electron chi connectivity index (χ4n) is 5.90. The zero-order valence-electron chi connectivity index (χ0n) is 28.1. The lowest BCUT2D eigenvalue weighted by molar-refractivity contribution is -0.128. The molecular formula is C41H40N2O6. The summed E-state index contributed by atoms with van der Waals surface area (Å²) in [6, 6.07) is 31.4. The Morgan fingerprint density at radius 3 is 1.84 bits per heavy atom. The van der Waals surface area contributed by atoms with Crippen molar-refractivity contribution in [1.29, 1.82) is 0 Å². The van der Waals surface area contributed by atoms with E-state index in [9.17, 15) is 9.59 Å². The summed E-state index contributed by atoms with van der Waals surface area (Å²) in [5.41, 5.74) is 5.43. The number of methoxy groups -OCH3 is 1. The van der Waals surface area contributed by atoms with Gasteiger partial charge in [0.05, 0.1) is 12.7 Å². The van der Waals surface area contributed by atoms with Crippen LogP contribution < -0.4 is 19.1 Å². The van der Waals surface area contributed by atoms with Gasteiger partial charge < -0.3 is 18.7 Å². The Labute approximate surface area is 286 Å². The van der Waals surface area contributed by atoms with Crippen LogP contribution in [-0.4, -0.2) is 24.1 Å². The summed E-state index contributed by atoms with van der Waals surface area (Å²) in [7, 11) is 1.61. The lowest BCUT2D eigenvalue weighted by Crippen LogP contribution is -2.39. The van der Waals surface area contributed by atoms with Crippen molar-refractivity contribution < 1.29 is 28.3 Å². The van der Waals surface area contributed by atoms with Crippen LogP contribution >= 0.6 is 0 Å². The van der Waals surface area contributed by atoms with Gasteiger partial charge in [-0.2, -0.15) is 0 Å². The molecule has 250 valence electrons. The third-order valence-corrected chi connectivity index (χ3v) is 9.01. The fourth-order valence-corrected chi connectivity index (χ4v) is 5.90. The molecular weight excluding hydrogens is 616 g/mol. The first kappa shape index (κ1) is 32.2. The van der Waals surface area contributed by atoms with Crippen LogP contribution in [0.4, 0.5) is 5.88 Å². The summed E-state index contributed by atoms with van der Waals surface area (Å²) in [6.07, 6.45) is 3.02. The summed E-state index contributed by atoms with van der Waals surface area (Å²) in [6.45, 7) is 4.93. The number of benzene rings is 4. The molecule has 49 heavy (non-hydrogen) atoms. The predicted octanol–water partition coefficient (Wildman–Crippen LogP) is 8.98. The lowest BCUT2D eigenvalue weighted by Gasteiger charge is -2.21. The van der Waals surface area contributed by atoms with Crippen LogP contribution in [0.5, 0.6) is 17.2 Å². The largest absolute Gasteiger partial charge is 0.497 e. The molecule has 2 amide bonds. The van der Waals surface area contributed by atoms with Gasteiger partial charge in [0.1, 0.15) is 36.2 Å². The maximum Gasteiger partial charge on any atom is 0.249 e. The van der Waals surface area contributed by atoms with Crippen molar-refractivity contribution >= 4 is 17.7 Å². The molecule has 0 saturated heterocycles. The zero-order chi connectivity index (χ0) is 33.9. The van der Waals surface area contributed by atoms with Crippen molar-refractivity contribution in [2.75, 3.05) is 12.0 Å². The Bertz CT molecular complexity index is 1900. The topological polar surface area (TPSA) is 91.1 Å². The van der Waals surface area contributed by atoms with Gasteiger partial charge in [0.15, 0.2) is 0 Å². The van der Waals surface area contributed by atoms with Crippen LogP contribution in [0.1, 0.15) is 62.1 Å². The highest BCUT2D eigenvalue weighted by Crippen LogP contribution is 2.48. The fraction of sp³-hybridized carbons (Fsp3) is 0.293. The van der Waals surface area contributed by atoms with E-state index in [0.717, 1.165) is 47.9 Å². The quantitative estimate of drug-likeness (QED) is 0.117. The minimum Gasteiger partial charge on any atom is -0.497 e. The smallest absolute Gasteiger partial charge is 0.249 e. The highest BCUT2D eigenvalue weighted by molar-refractivity contribution is 6.18. The monoisotopic (exact) mass is 656 g/mol. The molecule has 4 aromatic carbocycles. The Morgan fingerprint density at radius 1 is 0.776 bits per heavy atom. The van der Waals surface area contributed by atoms with Crippen molar-refractivity contribution in [1.82, 2.24) is 5.16 Å². The first-order valence-corrected chi connectivity index (χ1v) is 16.9. The van der Waals surface area contributed by atoms with E-state index in [4.69, 9.17) is 18.7 Å². The molecule has 0 aliphatic heterocycles. The number of carbonyl (C=O) groups excluding carboxylic acids is 2. The number of imide groups is 1. The van der Waals surface area contributed by atoms with Gasteiger partial charge in [-0.25, -0.2) is 4.90 Å². The first-order chi connectivity index (χ1) is 23.9. The van der Waals surface area contributed by atoms with Crippen LogP contribution in [0.2, 0.25) is 0 Å². The number of carbonyl (C=O) groups is 2. The van der Waals surface area contributed by atoms with Crippen molar-refractivity contribution in [3.8, 4) is 39.6 Å². The summed E-state index contributed by atoms with van der Waals surface area (Å²) < 4.78 is 24.5. The van der Waals surface area contributed by atoms with Gasteiger partial charge in [-0.1, -0.05) is 91.8 Å². The Kier molecular flexibility index (Phi) is 9.20. The number of rotatable bonds is 13. The van der Waals surface area contributed by atoms with E-state index in [1.165, 1.54) is 4.90 Å². The lowest BCUT2D eigenvalue weighted by atomic mass is 9.94. The molecule has 8 heteroatoms.